The number of nitrogens with zero attached hydrogens (tertiary/aromatic N) is 4. The summed E-state index contributed by atoms with van der Waals surface area (Å²) in [5, 5.41) is 2.38. The van der Waals surface area contributed by atoms with Gasteiger partial charge in [-0.15, -0.1) is 0 Å². The van der Waals surface area contributed by atoms with Crippen molar-refractivity contribution in [3.05, 3.63) is 35.8 Å². The average Bonchev–Trinajstić information content (AvgIpc) is 3.02. The van der Waals surface area contributed by atoms with Gasteiger partial charge < -0.3 is 9.88 Å². The minimum absolute atomic E-state index is 0.00102. The molecule has 0 saturated carbocycles. The molecule has 3 aromatic heterocycles. The van der Waals surface area contributed by atoms with Gasteiger partial charge in [-0.2, -0.15) is 13.2 Å². The molecular weight excluding hydrogens is 411 g/mol. The Labute approximate surface area is 163 Å². The number of amides is 1. The number of halogens is 3. The minimum atomic E-state index is -4.65. The highest BCUT2D eigenvalue weighted by molar-refractivity contribution is 7.91. The number of hydrogen-bond acceptors (Lipinski definition) is 6. The molecule has 0 unspecified atom stereocenters. The molecule has 1 amide bonds. The molecule has 0 radical (unpaired) electrons. The SMILES string of the molecule is CCS(=O)(=O)c1ccc(C(=O)NC)nc1-c1nc2cc(C(F)(F)F)ncc2n1C. The van der Waals surface area contributed by atoms with Crippen LogP contribution in [0.4, 0.5) is 13.2 Å². The third-order valence-corrected chi connectivity index (χ3v) is 6.06. The number of nitrogens with one attached hydrogen (secondary N) is 1. The Kier molecular flexibility index (Phi) is 5.07. The van der Waals surface area contributed by atoms with E-state index in [1.54, 1.807) is 0 Å². The molecule has 0 bridgehead atoms. The number of carbonyl (C=O) groups excluding carboxylic acids is 1. The summed E-state index contributed by atoms with van der Waals surface area (Å²) in [6.45, 7) is 1.44. The molecule has 29 heavy (non-hydrogen) atoms. The first kappa shape index (κ1) is 20.7. The molecule has 0 aliphatic rings. The van der Waals surface area contributed by atoms with Gasteiger partial charge in [-0.05, 0) is 18.2 Å². The highest BCUT2D eigenvalue weighted by Crippen LogP contribution is 2.32. The second kappa shape index (κ2) is 7.10. The van der Waals surface area contributed by atoms with Crippen LogP contribution in [0.15, 0.2) is 29.3 Å². The maximum atomic E-state index is 13.0. The number of aromatic nitrogens is 4. The predicted octanol–water partition coefficient (Wildman–Crippen LogP) is 2.20. The first-order valence-corrected chi connectivity index (χ1v) is 10.0. The van der Waals surface area contributed by atoms with E-state index in [0.717, 1.165) is 12.3 Å². The molecule has 0 aliphatic heterocycles. The number of alkyl halides is 3. The van der Waals surface area contributed by atoms with Gasteiger partial charge in [-0.25, -0.2) is 23.4 Å². The Balaban J connectivity index is 2.32. The highest BCUT2D eigenvalue weighted by Gasteiger charge is 2.33. The maximum Gasteiger partial charge on any atom is 0.433 e. The third kappa shape index (κ3) is 3.67. The molecule has 3 heterocycles. The lowest BCUT2D eigenvalue weighted by Gasteiger charge is -2.10. The largest absolute Gasteiger partial charge is 0.433 e. The van der Waals surface area contributed by atoms with Crippen molar-refractivity contribution in [1.29, 1.82) is 0 Å². The van der Waals surface area contributed by atoms with Gasteiger partial charge in [0.1, 0.15) is 17.1 Å². The van der Waals surface area contributed by atoms with Crippen LogP contribution in [0.25, 0.3) is 22.6 Å². The topological polar surface area (TPSA) is 107 Å². The van der Waals surface area contributed by atoms with E-state index in [9.17, 15) is 26.4 Å². The Morgan fingerprint density at radius 1 is 1.24 bits per heavy atom. The first-order chi connectivity index (χ1) is 13.5. The van der Waals surface area contributed by atoms with E-state index in [-0.39, 0.29) is 38.9 Å². The van der Waals surface area contributed by atoms with Crippen LogP contribution in [-0.2, 0) is 23.1 Å². The van der Waals surface area contributed by atoms with E-state index in [1.807, 2.05) is 0 Å². The number of aryl methyl sites for hydroxylation is 1. The summed E-state index contributed by atoms with van der Waals surface area (Å²) in [5.74, 6) is -0.782. The fourth-order valence-electron chi connectivity index (χ4n) is 2.72. The summed E-state index contributed by atoms with van der Waals surface area (Å²) in [6.07, 6.45) is -3.65. The van der Waals surface area contributed by atoms with E-state index >= 15 is 0 Å². The molecule has 3 aromatic rings. The van der Waals surface area contributed by atoms with Crippen molar-refractivity contribution >= 4 is 26.8 Å². The lowest BCUT2D eigenvalue weighted by atomic mass is 10.2. The zero-order chi connectivity index (χ0) is 21.6. The first-order valence-electron chi connectivity index (χ1n) is 8.35. The normalized spacial score (nSPS) is 12.3. The summed E-state index contributed by atoms with van der Waals surface area (Å²) in [7, 11) is -0.870. The predicted molar refractivity (Wildman–Crippen MR) is 97.9 cm³/mol. The molecule has 0 aliphatic carbocycles. The van der Waals surface area contributed by atoms with Crippen molar-refractivity contribution in [3.8, 4) is 11.5 Å². The summed E-state index contributed by atoms with van der Waals surface area (Å²) in [5.41, 5.74) is -1.08. The number of fused-ring (bicyclic) bond motifs is 1. The smallest absolute Gasteiger partial charge is 0.354 e. The maximum absolute atomic E-state index is 13.0. The summed E-state index contributed by atoms with van der Waals surface area (Å²) in [4.78, 5) is 23.5. The molecule has 0 saturated heterocycles. The molecule has 1 N–H and O–H groups in total. The number of carbonyl (C=O) groups is 1. The highest BCUT2D eigenvalue weighted by atomic mass is 32.2. The van der Waals surface area contributed by atoms with Crippen molar-refractivity contribution in [2.75, 3.05) is 12.8 Å². The number of sulfone groups is 1. The number of rotatable bonds is 4. The fourth-order valence-corrected chi connectivity index (χ4v) is 3.74. The standard InChI is InChI=1S/C17H16F3N5O3S/c1-4-29(27,28)12-6-5-9(16(26)21-2)23-14(12)15-24-10-7-13(17(18,19)20)22-8-11(10)25(15)3/h5-8H,4H2,1-3H3,(H,21,26). The van der Waals surface area contributed by atoms with Crippen molar-refractivity contribution < 1.29 is 26.4 Å². The quantitative estimate of drug-likeness (QED) is 0.684. The van der Waals surface area contributed by atoms with E-state index in [1.165, 1.54) is 37.7 Å². The van der Waals surface area contributed by atoms with Crippen LogP contribution in [0.5, 0.6) is 0 Å². The third-order valence-electron chi connectivity index (χ3n) is 4.30. The number of hydrogen-bond donors (Lipinski definition) is 1. The van der Waals surface area contributed by atoms with E-state index in [2.05, 4.69) is 20.3 Å². The minimum Gasteiger partial charge on any atom is -0.354 e. The second-order valence-electron chi connectivity index (χ2n) is 6.08. The molecule has 0 fully saturated rings. The van der Waals surface area contributed by atoms with Crippen molar-refractivity contribution in [2.24, 2.45) is 7.05 Å². The number of imidazole rings is 1. The van der Waals surface area contributed by atoms with Crippen molar-refractivity contribution in [3.63, 3.8) is 0 Å². The molecule has 8 nitrogen and oxygen atoms in total. The molecule has 0 aromatic carbocycles. The summed E-state index contributed by atoms with van der Waals surface area (Å²) >= 11 is 0. The van der Waals surface area contributed by atoms with Crippen LogP contribution < -0.4 is 5.32 Å². The van der Waals surface area contributed by atoms with Gasteiger partial charge in [0, 0.05) is 14.1 Å². The van der Waals surface area contributed by atoms with Crippen LogP contribution in [-0.4, -0.2) is 46.6 Å². The molecule has 3 rings (SSSR count). The van der Waals surface area contributed by atoms with Gasteiger partial charge in [-0.1, -0.05) is 6.92 Å². The van der Waals surface area contributed by atoms with Crippen molar-refractivity contribution in [1.82, 2.24) is 24.8 Å². The van der Waals surface area contributed by atoms with Crippen LogP contribution >= 0.6 is 0 Å². The Hall–Kier alpha value is -3.02. The molecule has 154 valence electrons. The van der Waals surface area contributed by atoms with E-state index in [0.29, 0.717) is 0 Å². The van der Waals surface area contributed by atoms with Gasteiger partial charge in [0.05, 0.1) is 27.9 Å². The number of pyridine rings is 2. The van der Waals surface area contributed by atoms with Gasteiger partial charge in [0.2, 0.25) is 0 Å². The monoisotopic (exact) mass is 427 g/mol. The van der Waals surface area contributed by atoms with Gasteiger partial charge in [0.25, 0.3) is 5.91 Å². The lowest BCUT2D eigenvalue weighted by Crippen LogP contribution is -2.20. The Bertz CT molecular complexity index is 1220. The van der Waals surface area contributed by atoms with Crippen LogP contribution in [0.1, 0.15) is 23.1 Å². The van der Waals surface area contributed by atoms with Crippen LogP contribution in [0.3, 0.4) is 0 Å². The van der Waals surface area contributed by atoms with Gasteiger partial charge in [-0.3, -0.25) is 4.79 Å². The van der Waals surface area contributed by atoms with Gasteiger partial charge >= 0.3 is 6.18 Å². The second-order valence-corrected chi connectivity index (χ2v) is 8.32. The molecular formula is C17H16F3N5O3S. The Morgan fingerprint density at radius 3 is 2.52 bits per heavy atom. The van der Waals surface area contributed by atoms with Crippen molar-refractivity contribution in [2.45, 2.75) is 18.0 Å². The lowest BCUT2D eigenvalue weighted by molar-refractivity contribution is -0.141. The zero-order valence-electron chi connectivity index (χ0n) is 15.6. The Morgan fingerprint density at radius 2 is 1.93 bits per heavy atom. The fraction of sp³-hybridized carbons (Fsp3) is 0.294. The van der Waals surface area contributed by atoms with E-state index in [4.69, 9.17) is 0 Å². The zero-order valence-corrected chi connectivity index (χ0v) is 16.4. The summed E-state index contributed by atoms with van der Waals surface area (Å²) in [6, 6.07) is 3.27. The summed E-state index contributed by atoms with van der Waals surface area (Å²) < 4.78 is 65.3. The molecule has 0 spiro atoms. The molecule has 0 atom stereocenters. The molecule has 12 heteroatoms. The van der Waals surface area contributed by atoms with Crippen LogP contribution in [0, 0.1) is 0 Å². The van der Waals surface area contributed by atoms with E-state index < -0.39 is 27.6 Å². The van der Waals surface area contributed by atoms with Gasteiger partial charge in [0.15, 0.2) is 15.7 Å². The van der Waals surface area contributed by atoms with Crippen LogP contribution in [0.2, 0.25) is 0 Å². The average molecular weight is 427 g/mol.